The Morgan fingerprint density at radius 2 is 1.84 bits per heavy atom. The number of rotatable bonds is 4. The van der Waals surface area contributed by atoms with Crippen molar-refractivity contribution in [2.45, 2.75) is 26.7 Å². The number of carbonyl (C=O) groups excluding carboxylic acids is 2. The van der Waals surface area contributed by atoms with E-state index in [2.05, 4.69) is 10.1 Å². The van der Waals surface area contributed by atoms with Gasteiger partial charge in [-0.15, -0.1) is 0 Å². The Hall–Kier alpha value is -1.98. The van der Waals surface area contributed by atoms with Gasteiger partial charge >= 0.3 is 11.9 Å². The zero-order valence-electron chi connectivity index (χ0n) is 16.9. The molecular formula is C18H19Cl2NO4. The molecule has 5 nitrogen and oxygen atoms in total. The van der Waals surface area contributed by atoms with Crippen LogP contribution in [-0.4, -0.2) is 25.6 Å². The molecule has 0 fully saturated rings. The minimum absolute atomic E-state index is 0.0612. The van der Waals surface area contributed by atoms with E-state index in [0.29, 0.717) is 17.0 Å². The largest absolute Gasteiger partial charge is 0.466 e. The van der Waals surface area contributed by atoms with Gasteiger partial charge in [-0.1, -0.05) is 35.3 Å². The first-order chi connectivity index (χ1) is 13.0. The summed E-state index contributed by atoms with van der Waals surface area (Å²) in [6.45, 7) is 4.99. The van der Waals surface area contributed by atoms with Crippen LogP contribution in [0.1, 0.15) is 36.4 Å². The Kier molecular flexibility index (Phi) is 4.85. The second-order valence-corrected chi connectivity index (χ2v) is 6.17. The van der Waals surface area contributed by atoms with Gasteiger partial charge in [0.25, 0.3) is 0 Å². The number of methoxy groups -OCH3 is 1. The fourth-order valence-corrected chi connectivity index (χ4v) is 3.27. The van der Waals surface area contributed by atoms with Gasteiger partial charge in [-0.25, -0.2) is 9.59 Å². The number of esters is 2. The van der Waals surface area contributed by atoms with Gasteiger partial charge in [-0.3, -0.25) is 0 Å². The summed E-state index contributed by atoms with van der Waals surface area (Å²) in [4.78, 5) is 25.4. The van der Waals surface area contributed by atoms with Gasteiger partial charge < -0.3 is 14.8 Å². The Balaban J connectivity index is 2.71. The van der Waals surface area contributed by atoms with Crippen molar-refractivity contribution in [1.29, 1.82) is 0 Å². The molecule has 7 heteroatoms. The van der Waals surface area contributed by atoms with E-state index in [-0.39, 0.29) is 27.8 Å². The zero-order valence-corrected chi connectivity index (χ0v) is 15.4. The third-order valence-electron chi connectivity index (χ3n) is 3.86. The molecule has 0 aromatic heterocycles. The molecule has 0 amide bonds. The molecule has 1 aliphatic rings. The van der Waals surface area contributed by atoms with Gasteiger partial charge in [0, 0.05) is 11.4 Å². The van der Waals surface area contributed by atoms with Crippen LogP contribution in [0.5, 0.6) is 0 Å². The molecule has 1 aromatic rings. The van der Waals surface area contributed by atoms with Crippen molar-refractivity contribution in [2.75, 3.05) is 13.6 Å². The minimum Gasteiger partial charge on any atom is -0.466 e. The van der Waals surface area contributed by atoms with Crippen LogP contribution in [0.2, 0.25) is 10.0 Å². The molecule has 0 radical (unpaired) electrons. The summed E-state index contributed by atoms with van der Waals surface area (Å²) in [5.74, 6) is -2.78. The van der Waals surface area contributed by atoms with Crippen LogP contribution in [0.15, 0.2) is 40.7 Å². The van der Waals surface area contributed by atoms with Gasteiger partial charge in [-0.2, -0.15) is 0 Å². The molecule has 25 heavy (non-hydrogen) atoms. The highest BCUT2D eigenvalue weighted by Gasteiger charge is 2.38. The molecule has 0 spiro atoms. The molecule has 1 aliphatic heterocycles. The van der Waals surface area contributed by atoms with Crippen LogP contribution >= 0.6 is 23.2 Å². The molecule has 0 saturated heterocycles. The Bertz CT molecular complexity index is 878. The number of nitrogens with one attached hydrogen (secondary N) is 1. The van der Waals surface area contributed by atoms with Crippen LogP contribution in [0.4, 0.5) is 0 Å². The van der Waals surface area contributed by atoms with Crippen LogP contribution in [0, 0.1) is 0 Å². The molecule has 1 aromatic carbocycles. The van der Waals surface area contributed by atoms with Crippen molar-refractivity contribution in [3.8, 4) is 0 Å². The molecule has 1 N–H and O–H groups in total. The molecule has 2 rings (SSSR count). The van der Waals surface area contributed by atoms with Crippen molar-refractivity contribution in [2.24, 2.45) is 0 Å². The molecule has 1 heterocycles. The van der Waals surface area contributed by atoms with Crippen molar-refractivity contribution < 1.29 is 23.2 Å². The molecule has 134 valence electrons. The first kappa shape index (κ1) is 15.3. The average Bonchev–Trinajstić information content (AvgIpc) is 2.55. The normalized spacial score (nSPS) is 19.6. The van der Waals surface area contributed by atoms with Gasteiger partial charge in [-0.05, 0) is 32.4 Å². The molecule has 1 unspecified atom stereocenters. The van der Waals surface area contributed by atoms with E-state index in [4.69, 9.17) is 32.1 Å². The van der Waals surface area contributed by atoms with Crippen LogP contribution in [-0.2, 0) is 19.1 Å². The number of dihydropyridines is 1. The lowest BCUT2D eigenvalue weighted by molar-refractivity contribution is -0.139. The lowest BCUT2D eigenvalue weighted by atomic mass is 9.80. The number of carbonyl (C=O) groups is 2. The standard InChI is InChI=1S/C18H19Cl2NO4/c1-5-25-18(23)14-10(3)21-9(2)13(17(22)24-4)15(14)11-7-6-8-12(19)16(11)20/h6-8,15,21H,5H2,1-4H3/i4D3. The van der Waals surface area contributed by atoms with Crippen LogP contribution in [0.3, 0.4) is 0 Å². The molecule has 1 atom stereocenters. The molecule has 0 bridgehead atoms. The maximum Gasteiger partial charge on any atom is 0.336 e. The Morgan fingerprint density at radius 3 is 2.44 bits per heavy atom. The summed E-state index contributed by atoms with van der Waals surface area (Å²) in [6, 6.07) is 4.78. The highest BCUT2D eigenvalue weighted by atomic mass is 35.5. The first-order valence-corrected chi connectivity index (χ1v) is 8.26. The predicted octanol–water partition coefficient (Wildman–Crippen LogP) is 3.96. The summed E-state index contributed by atoms with van der Waals surface area (Å²) in [7, 11) is -2.95. The van der Waals surface area contributed by atoms with E-state index in [1.165, 1.54) is 0 Å². The number of benzene rings is 1. The average molecular weight is 387 g/mol. The smallest absolute Gasteiger partial charge is 0.336 e. The number of allylic oxidation sites excluding steroid dienone is 2. The lowest BCUT2D eigenvalue weighted by Crippen LogP contribution is -2.32. The third-order valence-corrected chi connectivity index (χ3v) is 4.69. The quantitative estimate of drug-likeness (QED) is 0.793. The van der Waals surface area contributed by atoms with E-state index in [1.54, 1.807) is 39.0 Å². The SMILES string of the molecule is [2H]C([2H])([2H])OC(=O)C1=C(C)NC(C)=C(C(=O)OCC)C1c1cccc(Cl)c1Cl. The summed E-state index contributed by atoms with van der Waals surface area (Å²) < 4.78 is 31.4. The first-order valence-electron chi connectivity index (χ1n) is 9.00. The van der Waals surface area contributed by atoms with E-state index >= 15 is 0 Å². The number of hydrogen-bond acceptors (Lipinski definition) is 5. The van der Waals surface area contributed by atoms with Gasteiger partial charge in [0.1, 0.15) is 0 Å². The molecular weight excluding hydrogens is 365 g/mol. The molecule has 0 aliphatic carbocycles. The van der Waals surface area contributed by atoms with E-state index in [1.807, 2.05) is 0 Å². The van der Waals surface area contributed by atoms with Crippen molar-refractivity contribution in [1.82, 2.24) is 5.32 Å². The highest BCUT2D eigenvalue weighted by Crippen LogP contribution is 2.43. The van der Waals surface area contributed by atoms with Crippen molar-refractivity contribution in [3.05, 3.63) is 56.3 Å². The predicted molar refractivity (Wildman–Crippen MR) is 96.4 cm³/mol. The lowest BCUT2D eigenvalue weighted by Gasteiger charge is -2.30. The van der Waals surface area contributed by atoms with Crippen molar-refractivity contribution in [3.63, 3.8) is 0 Å². The second kappa shape index (κ2) is 7.93. The number of halogens is 2. The van der Waals surface area contributed by atoms with Gasteiger partial charge in [0.15, 0.2) is 0 Å². The summed E-state index contributed by atoms with van der Waals surface area (Å²) in [5, 5.41) is 3.28. The topological polar surface area (TPSA) is 64.6 Å². The summed E-state index contributed by atoms with van der Waals surface area (Å²) in [6.07, 6.45) is 0. The van der Waals surface area contributed by atoms with E-state index < -0.39 is 24.9 Å². The van der Waals surface area contributed by atoms with Gasteiger partial charge in [0.2, 0.25) is 0 Å². The maximum atomic E-state index is 12.7. The monoisotopic (exact) mass is 386 g/mol. The number of hydrogen-bond donors (Lipinski definition) is 1. The highest BCUT2D eigenvalue weighted by molar-refractivity contribution is 6.42. The zero-order chi connectivity index (χ0) is 21.2. The van der Waals surface area contributed by atoms with Crippen molar-refractivity contribution >= 4 is 35.1 Å². The second-order valence-electron chi connectivity index (χ2n) is 5.39. The van der Waals surface area contributed by atoms with Gasteiger partial charge in [0.05, 0.1) is 44.9 Å². The molecule has 0 saturated carbocycles. The van der Waals surface area contributed by atoms with Crippen LogP contribution in [0.25, 0.3) is 0 Å². The van der Waals surface area contributed by atoms with E-state index in [0.717, 1.165) is 0 Å². The minimum atomic E-state index is -2.95. The Morgan fingerprint density at radius 1 is 1.20 bits per heavy atom. The summed E-state index contributed by atoms with van der Waals surface area (Å²) in [5.41, 5.74) is 1.20. The van der Waals surface area contributed by atoms with E-state index in [9.17, 15) is 9.59 Å². The van der Waals surface area contributed by atoms with Crippen LogP contribution < -0.4 is 5.32 Å². The third kappa shape index (κ3) is 3.67. The summed E-state index contributed by atoms with van der Waals surface area (Å²) >= 11 is 12.5. The fraction of sp³-hybridized carbons (Fsp3) is 0.333. The Labute approximate surface area is 160 Å². The maximum absolute atomic E-state index is 12.7. The number of ether oxygens (including phenoxy) is 2. The fourth-order valence-electron chi connectivity index (χ4n) is 2.85.